The summed E-state index contributed by atoms with van der Waals surface area (Å²) in [5, 5.41) is 9.06. The van der Waals surface area contributed by atoms with Gasteiger partial charge >= 0.3 is 0 Å². The molecule has 1 aliphatic rings. The van der Waals surface area contributed by atoms with Crippen LogP contribution in [-0.4, -0.2) is 28.6 Å². The molecule has 1 aliphatic heterocycles. The smallest absolute Gasteiger partial charge is 0.274 e. The van der Waals surface area contributed by atoms with Gasteiger partial charge in [0.1, 0.15) is 5.76 Å². The summed E-state index contributed by atoms with van der Waals surface area (Å²) in [6.07, 6.45) is 2.61. The molecule has 1 aromatic heterocycles. The molecule has 3 rings (SSSR count). The largest absolute Gasteiger partial charge is 0.469 e. The molecule has 1 aromatic carbocycles. The van der Waals surface area contributed by atoms with Gasteiger partial charge in [0.25, 0.3) is 5.91 Å². The molecule has 136 valence electrons. The lowest BCUT2D eigenvalue weighted by molar-refractivity contribution is 0.0953. The van der Waals surface area contributed by atoms with E-state index in [-0.39, 0.29) is 5.91 Å². The number of thioether (sulfide) groups is 1. The van der Waals surface area contributed by atoms with E-state index in [2.05, 4.69) is 27.8 Å². The molecule has 1 atom stereocenters. The molecular weight excluding hydrogens is 348 g/mol. The normalized spacial score (nSPS) is 17.1. The molecule has 1 amide bonds. The number of aliphatic imine (C=N–C) groups is 1. The van der Waals surface area contributed by atoms with E-state index in [9.17, 15) is 4.79 Å². The van der Waals surface area contributed by atoms with Gasteiger partial charge in [0.15, 0.2) is 5.17 Å². The first-order chi connectivity index (χ1) is 12.6. The van der Waals surface area contributed by atoms with Crippen LogP contribution in [0.4, 0.5) is 5.69 Å². The minimum Gasteiger partial charge on any atom is -0.469 e. The van der Waals surface area contributed by atoms with Crippen molar-refractivity contribution in [3.05, 3.63) is 53.5 Å². The fraction of sp³-hybridized carbons (Fsp3) is 0.316. The summed E-state index contributed by atoms with van der Waals surface area (Å²) in [6, 6.07) is 9.53. The summed E-state index contributed by atoms with van der Waals surface area (Å²) < 4.78 is 5.13. The molecule has 26 heavy (non-hydrogen) atoms. The van der Waals surface area contributed by atoms with Crippen molar-refractivity contribution < 1.29 is 9.21 Å². The van der Waals surface area contributed by atoms with Gasteiger partial charge in [0.05, 0.1) is 24.1 Å². The lowest BCUT2D eigenvalue weighted by atomic mass is 10.1. The van der Waals surface area contributed by atoms with Crippen LogP contribution in [0.1, 0.15) is 41.9 Å². The van der Waals surface area contributed by atoms with E-state index >= 15 is 0 Å². The number of amides is 1. The number of furan rings is 1. The van der Waals surface area contributed by atoms with Crippen molar-refractivity contribution in [2.45, 2.75) is 32.4 Å². The summed E-state index contributed by atoms with van der Waals surface area (Å²) in [5.74, 6) is 0.291. The van der Waals surface area contributed by atoms with E-state index in [1.807, 2.05) is 31.2 Å². The van der Waals surface area contributed by atoms with Gasteiger partial charge in [-0.05, 0) is 44.0 Å². The number of nitrogens with zero attached hydrogens (tertiary/aromatic N) is 2. The van der Waals surface area contributed by atoms with Gasteiger partial charge in [0.2, 0.25) is 0 Å². The molecule has 0 aliphatic carbocycles. The highest BCUT2D eigenvalue weighted by Crippen LogP contribution is 2.24. The highest BCUT2D eigenvalue weighted by molar-refractivity contribution is 8.15. The maximum absolute atomic E-state index is 12.1. The van der Waals surface area contributed by atoms with Gasteiger partial charge in [-0.3, -0.25) is 9.79 Å². The first-order valence-electron chi connectivity index (χ1n) is 8.54. The van der Waals surface area contributed by atoms with Crippen LogP contribution in [0.25, 0.3) is 0 Å². The quantitative estimate of drug-likeness (QED) is 0.615. The van der Waals surface area contributed by atoms with Gasteiger partial charge in [-0.1, -0.05) is 30.8 Å². The Balaban J connectivity index is 1.59. The van der Waals surface area contributed by atoms with Crippen LogP contribution in [0.3, 0.4) is 0 Å². The van der Waals surface area contributed by atoms with Crippen LogP contribution in [0.2, 0.25) is 0 Å². The predicted molar refractivity (Wildman–Crippen MR) is 107 cm³/mol. The van der Waals surface area contributed by atoms with Crippen molar-refractivity contribution in [3.8, 4) is 0 Å². The van der Waals surface area contributed by atoms with Crippen molar-refractivity contribution in [3.63, 3.8) is 0 Å². The molecular formula is C19H22N4O2S. The number of hydrazone groups is 1. The van der Waals surface area contributed by atoms with Gasteiger partial charge < -0.3 is 9.73 Å². The number of anilines is 1. The number of benzene rings is 1. The Morgan fingerprint density at radius 1 is 1.35 bits per heavy atom. The van der Waals surface area contributed by atoms with Crippen molar-refractivity contribution in [2.75, 3.05) is 11.9 Å². The second kappa shape index (κ2) is 8.23. The molecule has 2 N–H and O–H groups in total. The van der Waals surface area contributed by atoms with Crippen molar-refractivity contribution >= 4 is 34.2 Å². The number of aryl methyl sites for hydroxylation is 1. The molecule has 0 spiro atoms. The fourth-order valence-corrected chi connectivity index (χ4v) is 3.45. The predicted octanol–water partition coefficient (Wildman–Crippen LogP) is 4.04. The zero-order valence-electron chi connectivity index (χ0n) is 15.1. The Kier molecular flexibility index (Phi) is 5.78. The number of amidine groups is 1. The number of rotatable bonds is 5. The lowest BCUT2D eigenvalue weighted by Crippen LogP contribution is -2.19. The van der Waals surface area contributed by atoms with Crippen LogP contribution < -0.4 is 10.7 Å². The Bertz CT molecular complexity index is 839. The van der Waals surface area contributed by atoms with Crippen LogP contribution in [0.15, 0.2) is 51.1 Å². The number of hydrogen-bond acceptors (Lipinski definition) is 6. The molecule has 6 nitrogen and oxygen atoms in total. The Labute approximate surface area is 157 Å². The SMILES string of the molecule is CC[C@H]1CN=C(Nc2ccc(/C(C)=N\NC(=O)c3ccoc3C)cc2)S1. The second-order valence-corrected chi connectivity index (χ2v) is 7.31. The molecule has 0 fully saturated rings. The molecule has 0 bridgehead atoms. The van der Waals surface area contributed by atoms with E-state index in [4.69, 9.17) is 4.42 Å². The molecule has 0 radical (unpaired) electrons. The monoisotopic (exact) mass is 370 g/mol. The van der Waals surface area contributed by atoms with E-state index in [1.54, 1.807) is 24.8 Å². The van der Waals surface area contributed by atoms with Gasteiger partial charge in [-0.2, -0.15) is 5.10 Å². The summed E-state index contributed by atoms with van der Waals surface area (Å²) in [6.45, 7) is 6.66. The number of carbonyl (C=O) groups is 1. The third-order valence-electron chi connectivity index (χ3n) is 4.15. The van der Waals surface area contributed by atoms with E-state index in [0.29, 0.717) is 16.6 Å². The van der Waals surface area contributed by atoms with Gasteiger partial charge in [0, 0.05) is 10.9 Å². The number of hydrogen-bond donors (Lipinski definition) is 2. The summed E-state index contributed by atoms with van der Waals surface area (Å²) in [4.78, 5) is 16.6. The van der Waals surface area contributed by atoms with Gasteiger partial charge in [-0.15, -0.1) is 0 Å². The molecule has 0 saturated heterocycles. The van der Waals surface area contributed by atoms with Crippen LogP contribution >= 0.6 is 11.8 Å². The second-order valence-electron chi connectivity index (χ2n) is 6.02. The minimum absolute atomic E-state index is 0.282. The highest BCUT2D eigenvalue weighted by atomic mass is 32.2. The first kappa shape index (κ1) is 18.3. The topological polar surface area (TPSA) is 79.0 Å². The maximum atomic E-state index is 12.1. The van der Waals surface area contributed by atoms with Crippen LogP contribution in [0, 0.1) is 6.92 Å². The molecule has 2 aromatic rings. The summed E-state index contributed by atoms with van der Waals surface area (Å²) in [7, 11) is 0. The zero-order valence-corrected chi connectivity index (χ0v) is 15.9. The summed E-state index contributed by atoms with van der Waals surface area (Å²) >= 11 is 1.79. The lowest BCUT2D eigenvalue weighted by Gasteiger charge is -2.08. The Morgan fingerprint density at radius 3 is 2.73 bits per heavy atom. The van der Waals surface area contributed by atoms with E-state index in [0.717, 1.165) is 35.1 Å². The molecule has 7 heteroatoms. The Hall–Kier alpha value is -2.54. The fourth-order valence-electron chi connectivity index (χ4n) is 2.50. The number of nitrogens with one attached hydrogen (secondary N) is 2. The average molecular weight is 370 g/mol. The highest BCUT2D eigenvalue weighted by Gasteiger charge is 2.17. The van der Waals surface area contributed by atoms with E-state index in [1.165, 1.54) is 6.26 Å². The first-order valence-corrected chi connectivity index (χ1v) is 9.42. The zero-order chi connectivity index (χ0) is 18.5. The molecule has 0 unspecified atom stereocenters. The van der Waals surface area contributed by atoms with Gasteiger partial charge in [-0.25, -0.2) is 5.43 Å². The van der Waals surface area contributed by atoms with Crippen LogP contribution in [0.5, 0.6) is 0 Å². The van der Waals surface area contributed by atoms with Crippen molar-refractivity contribution in [1.82, 2.24) is 5.43 Å². The standard InChI is InChI=1S/C19H22N4O2S/c1-4-16-11-20-19(26-16)21-15-7-5-14(6-8-15)12(2)22-23-18(24)17-9-10-25-13(17)3/h5-10,16H,4,11H2,1-3H3,(H,20,21)(H,23,24)/b22-12-/t16-/m0/s1. The molecule has 0 saturated carbocycles. The van der Waals surface area contributed by atoms with Crippen LogP contribution in [-0.2, 0) is 0 Å². The maximum Gasteiger partial charge on any atom is 0.274 e. The number of carbonyl (C=O) groups excluding carboxylic acids is 1. The van der Waals surface area contributed by atoms with Crippen molar-refractivity contribution in [2.24, 2.45) is 10.1 Å². The minimum atomic E-state index is -0.282. The van der Waals surface area contributed by atoms with Crippen molar-refractivity contribution in [1.29, 1.82) is 0 Å². The third kappa shape index (κ3) is 4.35. The molecule has 2 heterocycles. The summed E-state index contributed by atoms with van der Waals surface area (Å²) in [5.41, 5.74) is 5.70. The Morgan fingerprint density at radius 2 is 2.12 bits per heavy atom. The third-order valence-corrected chi connectivity index (χ3v) is 5.42. The van der Waals surface area contributed by atoms with E-state index < -0.39 is 0 Å². The average Bonchev–Trinajstić information content (AvgIpc) is 3.28.